The summed E-state index contributed by atoms with van der Waals surface area (Å²) in [6, 6.07) is 4.82. The summed E-state index contributed by atoms with van der Waals surface area (Å²) in [5, 5.41) is 17.9. The fourth-order valence-corrected chi connectivity index (χ4v) is 4.90. The molecule has 5 rings (SSSR count). The van der Waals surface area contributed by atoms with Gasteiger partial charge in [-0.15, -0.1) is 5.10 Å². The highest BCUT2D eigenvalue weighted by Gasteiger charge is 2.39. The van der Waals surface area contributed by atoms with Crippen LogP contribution in [0.1, 0.15) is 52.3 Å². The monoisotopic (exact) mass is 648 g/mol. The van der Waals surface area contributed by atoms with Gasteiger partial charge < -0.3 is 19.7 Å². The number of ether oxygens (including phenoxy) is 2. The molecule has 13 nitrogen and oxygen atoms in total. The van der Waals surface area contributed by atoms with Crippen LogP contribution in [-0.2, 0) is 17.5 Å². The molecule has 1 aliphatic rings. The van der Waals surface area contributed by atoms with E-state index in [0.29, 0.717) is 54.4 Å². The number of benzene rings is 1. The van der Waals surface area contributed by atoms with Crippen molar-refractivity contribution < 1.29 is 27.4 Å². The number of nitrogens with one attached hydrogen (secondary N) is 1. The lowest BCUT2D eigenvalue weighted by atomic mass is 10.1. The molecule has 17 heteroatoms. The van der Waals surface area contributed by atoms with E-state index in [2.05, 4.69) is 35.9 Å². The van der Waals surface area contributed by atoms with Gasteiger partial charge in [0, 0.05) is 37.2 Å². The van der Waals surface area contributed by atoms with Crippen LogP contribution in [0.15, 0.2) is 43.1 Å². The second-order valence-electron chi connectivity index (χ2n) is 11.6. The number of carbonyl (C=O) groups is 1. The van der Waals surface area contributed by atoms with Crippen molar-refractivity contribution in [2.24, 2.45) is 0 Å². The van der Waals surface area contributed by atoms with E-state index >= 15 is 0 Å². The molecule has 3 aromatic heterocycles. The van der Waals surface area contributed by atoms with Gasteiger partial charge in [0.25, 0.3) is 0 Å². The molecule has 0 bridgehead atoms. The molecule has 0 radical (unpaired) electrons. The summed E-state index contributed by atoms with van der Waals surface area (Å²) in [6.07, 6.45) is 1.12. The Labute approximate surface area is 261 Å². The molecule has 0 aliphatic carbocycles. The highest BCUT2D eigenvalue weighted by atomic mass is 35.5. The Morgan fingerprint density at radius 2 is 1.84 bits per heavy atom. The van der Waals surface area contributed by atoms with Crippen molar-refractivity contribution >= 4 is 29.3 Å². The molecule has 1 atom stereocenters. The van der Waals surface area contributed by atoms with Crippen molar-refractivity contribution in [2.45, 2.75) is 71.0 Å². The zero-order chi connectivity index (χ0) is 32.4. The molecule has 45 heavy (non-hydrogen) atoms. The number of anilines is 2. The van der Waals surface area contributed by atoms with Crippen LogP contribution in [0.3, 0.4) is 0 Å². The zero-order valence-corrected chi connectivity index (χ0v) is 25.7. The Balaban J connectivity index is 1.26. The van der Waals surface area contributed by atoms with E-state index in [9.17, 15) is 18.0 Å². The summed E-state index contributed by atoms with van der Waals surface area (Å²) >= 11 is 6.34. The van der Waals surface area contributed by atoms with Gasteiger partial charge in [0.05, 0.1) is 23.3 Å². The number of alkyl halides is 3. The Hall–Kier alpha value is -4.47. The fourth-order valence-electron chi connectivity index (χ4n) is 4.74. The maximum atomic E-state index is 13.9. The van der Waals surface area contributed by atoms with Crippen molar-refractivity contribution in [2.75, 3.05) is 18.4 Å². The summed E-state index contributed by atoms with van der Waals surface area (Å²) in [7, 11) is 0. The molecule has 1 aliphatic heterocycles. The molecule has 1 N–H and O–H groups in total. The number of carbonyl (C=O) groups excluding carboxylic acids is 1. The highest BCUT2D eigenvalue weighted by Crippen LogP contribution is 2.37. The first kappa shape index (κ1) is 31.9. The molecule has 240 valence electrons. The average molecular weight is 649 g/mol. The maximum absolute atomic E-state index is 13.9. The second-order valence-corrected chi connectivity index (χ2v) is 12.0. The Kier molecular flexibility index (Phi) is 9.13. The van der Waals surface area contributed by atoms with E-state index < -0.39 is 23.6 Å². The summed E-state index contributed by atoms with van der Waals surface area (Å²) in [4.78, 5) is 22.4. The molecule has 4 aromatic rings. The number of piperidine rings is 1. The first-order valence-corrected chi connectivity index (χ1v) is 14.5. The first-order valence-electron chi connectivity index (χ1n) is 14.2. The van der Waals surface area contributed by atoms with E-state index in [0.717, 1.165) is 0 Å². The molecular weight excluding hydrogens is 617 g/mol. The molecule has 1 saturated heterocycles. The third-order valence-corrected chi connectivity index (χ3v) is 7.13. The van der Waals surface area contributed by atoms with Crippen molar-refractivity contribution in [3.63, 3.8) is 0 Å². The van der Waals surface area contributed by atoms with Crippen molar-refractivity contribution in [3.05, 3.63) is 53.8 Å². The van der Waals surface area contributed by atoms with Crippen molar-refractivity contribution in [3.8, 4) is 16.9 Å². The average Bonchev–Trinajstić information content (AvgIpc) is 3.64. The van der Waals surface area contributed by atoms with Crippen molar-refractivity contribution in [1.82, 2.24) is 44.9 Å². The first-order chi connectivity index (χ1) is 21.2. The third kappa shape index (κ3) is 8.17. The SMILES string of the molecule is CC(Cn1cnnn1)Oc1cc(-c2cnc(Nc3cn(C4CCN(C(=O)OC(C)(C)C)CC4)nc3C(F)(F)F)nc2)ccc1Cl. The highest BCUT2D eigenvalue weighted by molar-refractivity contribution is 6.32. The minimum atomic E-state index is -4.72. The van der Waals surface area contributed by atoms with Gasteiger partial charge in [-0.2, -0.15) is 18.3 Å². The van der Waals surface area contributed by atoms with Gasteiger partial charge in [-0.3, -0.25) is 4.68 Å². The van der Waals surface area contributed by atoms with E-state index in [1.54, 1.807) is 43.9 Å². The predicted molar refractivity (Wildman–Crippen MR) is 157 cm³/mol. The number of tetrazole rings is 1. The summed E-state index contributed by atoms with van der Waals surface area (Å²) in [5.41, 5.74) is -0.708. The standard InChI is InChI=1S/C28H32ClF3N10O3/c1-17(14-41-16-35-38-39-41)44-23-11-18(5-6-21(23)29)19-12-33-25(34-13-19)36-22-15-42(37-24(22)28(30,31)32)20-7-9-40(10-8-20)26(43)45-27(2,3)4/h5-6,11-13,15-17,20H,7-10,14H2,1-4H3,(H,33,34,36). The molecule has 4 heterocycles. The lowest BCUT2D eigenvalue weighted by Crippen LogP contribution is -2.42. The van der Waals surface area contributed by atoms with E-state index in [1.165, 1.54) is 34.3 Å². The van der Waals surface area contributed by atoms with E-state index in [4.69, 9.17) is 21.1 Å². The molecule has 1 aromatic carbocycles. The Morgan fingerprint density at radius 1 is 1.13 bits per heavy atom. The van der Waals surface area contributed by atoms with Gasteiger partial charge >= 0.3 is 12.3 Å². The number of nitrogens with zero attached hydrogens (tertiary/aromatic N) is 9. The predicted octanol–water partition coefficient (Wildman–Crippen LogP) is 5.78. The minimum absolute atomic E-state index is 0.0379. The molecular formula is C28H32ClF3N10O3. The van der Waals surface area contributed by atoms with Crippen LogP contribution in [0.25, 0.3) is 11.1 Å². The largest absolute Gasteiger partial charge is 0.487 e. The van der Waals surface area contributed by atoms with Crippen LogP contribution in [0.4, 0.5) is 29.6 Å². The normalized spacial score (nSPS) is 15.2. The van der Waals surface area contributed by atoms with Gasteiger partial charge in [-0.1, -0.05) is 17.7 Å². The molecule has 0 spiro atoms. The number of rotatable bonds is 8. The summed E-state index contributed by atoms with van der Waals surface area (Å²) in [6.45, 7) is 8.25. The van der Waals surface area contributed by atoms with Crippen LogP contribution >= 0.6 is 11.6 Å². The second kappa shape index (κ2) is 12.9. The minimum Gasteiger partial charge on any atom is -0.487 e. The van der Waals surface area contributed by atoms with Crippen LogP contribution < -0.4 is 10.1 Å². The topological polar surface area (TPSA) is 138 Å². The number of aromatic nitrogens is 8. The van der Waals surface area contributed by atoms with Crippen molar-refractivity contribution in [1.29, 1.82) is 0 Å². The van der Waals surface area contributed by atoms with Gasteiger partial charge in [0.15, 0.2) is 5.69 Å². The van der Waals surface area contributed by atoms with Gasteiger partial charge in [-0.05, 0) is 68.7 Å². The van der Waals surface area contributed by atoms with Gasteiger partial charge in [-0.25, -0.2) is 19.4 Å². The quantitative estimate of drug-likeness (QED) is 0.250. The number of halogens is 4. The summed E-state index contributed by atoms with van der Waals surface area (Å²) in [5.74, 6) is 0.389. The zero-order valence-electron chi connectivity index (χ0n) is 25.0. The number of amides is 1. The van der Waals surface area contributed by atoms with Crippen LogP contribution in [0.5, 0.6) is 5.75 Å². The van der Waals surface area contributed by atoms with Crippen LogP contribution in [0.2, 0.25) is 5.02 Å². The summed E-state index contributed by atoms with van der Waals surface area (Å²) < 4.78 is 56.1. The molecule has 0 saturated carbocycles. The lowest BCUT2D eigenvalue weighted by molar-refractivity contribution is -0.141. The van der Waals surface area contributed by atoms with Crippen LogP contribution in [0, 0.1) is 0 Å². The van der Waals surface area contributed by atoms with Gasteiger partial charge in [0.2, 0.25) is 5.95 Å². The maximum Gasteiger partial charge on any atom is 0.437 e. The van der Waals surface area contributed by atoms with E-state index in [1.807, 2.05) is 6.92 Å². The Bertz CT molecular complexity index is 1600. The number of hydrogen-bond donors (Lipinski definition) is 1. The molecule has 1 fully saturated rings. The molecule has 1 unspecified atom stereocenters. The van der Waals surface area contributed by atoms with Crippen LogP contribution in [-0.4, -0.2) is 75.7 Å². The Morgan fingerprint density at radius 3 is 2.47 bits per heavy atom. The molecule has 1 amide bonds. The number of likely N-dealkylation sites (tertiary alicyclic amines) is 1. The van der Waals surface area contributed by atoms with E-state index in [-0.39, 0.29) is 23.8 Å². The fraction of sp³-hybridized carbons (Fsp3) is 0.464. The van der Waals surface area contributed by atoms with Gasteiger partial charge in [0.1, 0.15) is 23.8 Å². The number of hydrogen-bond acceptors (Lipinski definition) is 10. The lowest BCUT2D eigenvalue weighted by Gasteiger charge is -2.33. The smallest absolute Gasteiger partial charge is 0.437 e. The third-order valence-electron chi connectivity index (χ3n) is 6.82.